The summed E-state index contributed by atoms with van der Waals surface area (Å²) in [5.41, 5.74) is 1.39. The summed E-state index contributed by atoms with van der Waals surface area (Å²) < 4.78 is 0. The van der Waals surface area contributed by atoms with Crippen LogP contribution in [0.4, 0.5) is 0 Å². The van der Waals surface area contributed by atoms with Crippen LogP contribution in [-0.4, -0.2) is 17.6 Å². The Bertz CT molecular complexity index is 319. The van der Waals surface area contributed by atoms with Crippen molar-refractivity contribution in [3.05, 3.63) is 30.1 Å². The maximum Gasteiger partial charge on any atom is 0.0303 e. The number of nitrogens with zero attached hydrogens (tertiary/aromatic N) is 1. The predicted molar refractivity (Wildman–Crippen MR) is 72.1 cm³/mol. The smallest absolute Gasteiger partial charge is 0.0303 e. The quantitative estimate of drug-likeness (QED) is 0.780. The van der Waals surface area contributed by atoms with E-state index < -0.39 is 0 Å². The van der Waals surface area contributed by atoms with Crippen molar-refractivity contribution in [2.45, 2.75) is 51.5 Å². The van der Waals surface area contributed by atoms with Crippen molar-refractivity contribution in [2.24, 2.45) is 5.92 Å². The van der Waals surface area contributed by atoms with Crippen molar-refractivity contribution in [1.82, 2.24) is 10.3 Å². The van der Waals surface area contributed by atoms with Crippen LogP contribution in [0.25, 0.3) is 0 Å². The van der Waals surface area contributed by atoms with Crippen LogP contribution < -0.4 is 5.32 Å². The molecular weight excluding hydrogens is 208 g/mol. The van der Waals surface area contributed by atoms with Crippen LogP contribution in [0.3, 0.4) is 0 Å². The molecule has 0 aliphatic heterocycles. The third kappa shape index (κ3) is 3.81. The Balaban J connectivity index is 1.99. The molecule has 0 aromatic carbocycles. The number of hydrogen-bond donors (Lipinski definition) is 1. The zero-order valence-corrected chi connectivity index (χ0v) is 11.0. The molecule has 2 heteroatoms. The predicted octanol–water partition coefficient (Wildman–Crippen LogP) is 3.35. The molecule has 0 spiro atoms. The topological polar surface area (TPSA) is 24.9 Å². The number of nitrogens with one attached hydrogen (secondary N) is 1. The van der Waals surface area contributed by atoms with Crippen LogP contribution in [-0.2, 0) is 0 Å². The summed E-state index contributed by atoms with van der Waals surface area (Å²) in [7, 11) is 0. The monoisotopic (exact) mass is 232 g/mol. The van der Waals surface area contributed by atoms with Gasteiger partial charge in [0, 0.05) is 30.9 Å². The first-order valence-corrected chi connectivity index (χ1v) is 6.94. The van der Waals surface area contributed by atoms with Gasteiger partial charge in [0.2, 0.25) is 0 Å². The molecule has 1 aromatic rings. The Labute approximate surface area is 105 Å². The third-order valence-electron chi connectivity index (χ3n) is 3.75. The Morgan fingerprint density at radius 1 is 1.47 bits per heavy atom. The number of aromatic nitrogens is 1. The maximum atomic E-state index is 4.26. The molecule has 0 amide bonds. The van der Waals surface area contributed by atoms with Gasteiger partial charge in [-0.2, -0.15) is 0 Å². The fraction of sp³-hybridized carbons (Fsp3) is 0.667. The van der Waals surface area contributed by atoms with Gasteiger partial charge in [0.15, 0.2) is 0 Å². The highest BCUT2D eigenvalue weighted by Crippen LogP contribution is 2.28. The van der Waals surface area contributed by atoms with Gasteiger partial charge in [-0.15, -0.1) is 0 Å². The van der Waals surface area contributed by atoms with Crippen LogP contribution in [0.1, 0.15) is 51.0 Å². The zero-order valence-electron chi connectivity index (χ0n) is 11.0. The van der Waals surface area contributed by atoms with Gasteiger partial charge in [-0.1, -0.05) is 32.8 Å². The molecule has 0 saturated heterocycles. The van der Waals surface area contributed by atoms with E-state index in [-0.39, 0.29) is 0 Å². The molecule has 1 aromatic heterocycles. The van der Waals surface area contributed by atoms with Gasteiger partial charge in [0.1, 0.15) is 0 Å². The summed E-state index contributed by atoms with van der Waals surface area (Å²) in [5, 5.41) is 3.67. The molecule has 1 N–H and O–H groups in total. The average Bonchev–Trinajstić information content (AvgIpc) is 3.15. The standard InChI is InChI=1S/C15H24N2/c1-3-5-12(2)15(11-17-14-7-8-14)13-6-4-9-16-10-13/h4,6,9-10,12,14-15,17H,3,5,7-8,11H2,1-2H3. The lowest BCUT2D eigenvalue weighted by Gasteiger charge is -2.24. The molecular formula is C15H24N2. The first kappa shape index (κ1) is 12.6. The first-order chi connectivity index (χ1) is 8.31. The highest BCUT2D eigenvalue weighted by Gasteiger charge is 2.24. The van der Waals surface area contributed by atoms with E-state index in [1.165, 1.54) is 31.2 Å². The maximum absolute atomic E-state index is 4.26. The molecule has 2 rings (SSSR count). The zero-order chi connectivity index (χ0) is 12.1. The molecule has 17 heavy (non-hydrogen) atoms. The van der Waals surface area contributed by atoms with Gasteiger partial charge in [0.25, 0.3) is 0 Å². The Kier molecular flexibility index (Phi) is 4.55. The van der Waals surface area contributed by atoms with E-state index in [4.69, 9.17) is 0 Å². The second kappa shape index (κ2) is 6.15. The minimum Gasteiger partial charge on any atom is -0.313 e. The van der Waals surface area contributed by atoms with Crippen molar-refractivity contribution in [1.29, 1.82) is 0 Å². The molecule has 1 aliphatic rings. The van der Waals surface area contributed by atoms with E-state index >= 15 is 0 Å². The average molecular weight is 232 g/mol. The van der Waals surface area contributed by atoms with E-state index in [1.54, 1.807) is 0 Å². The van der Waals surface area contributed by atoms with E-state index in [9.17, 15) is 0 Å². The number of pyridine rings is 1. The summed E-state index contributed by atoms with van der Waals surface area (Å²) in [6, 6.07) is 5.07. The molecule has 2 atom stereocenters. The Hall–Kier alpha value is -0.890. The number of hydrogen-bond acceptors (Lipinski definition) is 2. The van der Waals surface area contributed by atoms with E-state index in [0.29, 0.717) is 5.92 Å². The first-order valence-electron chi connectivity index (χ1n) is 6.94. The van der Waals surface area contributed by atoms with Gasteiger partial charge in [0.05, 0.1) is 0 Å². The minimum atomic E-state index is 0.615. The summed E-state index contributed by atoms with van der Waals surface area (Å²) in [5.74, 6) is 1.35. The summed E-state index contributed by atoms with van der Waals surface area (Å²) >= 11 is 0. The molecule has 0 bridgehead atoms. The second-order valence-electron chi connectivity index (χ2n) is 5.34. The fourth-order valence-corrected chi connectivity index (χ4v) is 2.48. The highest BCUT2D eigenvalue weighted by atomic mass is 14.9. The SMILES string of the molecule is CCCC(C)C(CNC1CC1)c1cccnc1. The number of rotatable bonds is 7. The van der Waals surface area contributed by atoms with Gasteiger partial charge < -0.3 is 5.32 Å². The fourth-order valence-electron chi connectivity index (χ4n) is 2.48. The Morgan fingerprint density at radius 2 is 2.29 bits per heavy atom. The van der Waals surface area contributed by atoms with Crippen LogP contribution >= 0.6 is 0 Å². The van der Waals surface area contributed by atoms with Crippen molar-refractivity contribution in [3.63, 3.8) is 0 Å². The third-order valence-corrected chi connectivity index (χ3v) is 3.75. The van der Waals surface area contributed by atoms with Gasteiger partial charge in [-0.3, -0.25) is 4.98 Å². The minimum absolute atomic E-state index is 0.615. The Morgan fingerprint density at radius 3 is 2.88 bits per heavy atom. The van der Waals surface area contributed by atoms with E-state index in [2.05, 4.69) is 36.3 Å². The molecule has 2 unspecified atom stereocenters. The molecule has 1 fully saturated rings. The largest absolute Gasteiger partial charge is 0.313 e. The van der Waals surface area contributed by atoms with E-state index in [1.807, 2.05) is 12.4 Å². The van der Waals surface area contributed by atoms with Crippen molar-refractivity contribution in [2.75, 3.05) is 6.54 Å². The lowest BCUT2D eigenvalue weighted by Crippen LogP contribution is -2.27. The molecule has 1 heterocycles. The summed E-state index contributed by atoms with van der Waals surface area (Å²) in [6.07, 6.45) is 9.18. The van der Waals surface area contributed by atoms with Gasteiger partial charge >= 0.3 is 0 Å². The van der Waals surface area contributed by atoms with E-state index in [0.717, 1.165) is 18.5 Å². The van der Waals surface area contributed by atoms with Crippen LogP contribution in [0.5, 0.6) is 0 Å². The van der Waals surface area contributed by atoms with Crippen LogP contribution in [0.15, 0.2) is 24.5 Å². The van der Waals surface area contributed by atoms with Gasteiger partial charge in [-0.05, 0) is 30.4 Å². The van der Waals surface area contributed by atoms with Crippen LogP contribution in [0.2, 0.25) is 0 Å². The molecule has 2 nitrogen and oxygen atoms in total. The van der Waals surface area contributed by atoms with Crippen molar-refractivity contribution in [3.8, 4) is 0 Å². The van der Waals surface area contributed by atoms with Crippen molar-refractivity contribution >= 4 is 0 Å². The second-order valence-corrected chi connectivity index (χ2v) is 5.34. The molecule has 94 valence electrons. The van der Waals surface area contributed by atoms with Crippen LogP contribution in [0, 0.1) is 5.92 Å². The lowest BCUT2D eigenvalue weighted by atomic mass is 9.85. The normalized spacial score (nSPS) is 18.9. The van der Waals surface area contributed by atoms with Gasteiger partial charge in [-0.25, -0.2) is 0 Å². The molecule has 1 saturated carbocycles. The molecule has 0 radical (unpaired) electrons. The van der Waals surface area contributed by atoms with Crippen molar-refractivity contribution < 1.29 is 0 Å². The summed E-state index contributed by atoms with van der Waals surface area (Å²) in [6.45, 7) is 5.75. The lowest BCUT2D eigenvalue weighted by molar-refractivity contribution is 0.402. The molecule has 1 aliphatic carbocycles. The summed E-state index contributed by atoms with van der Waals surface area (Å²) in [4.78, 5) is 4.26. The highest BCUT2D eigenvalue weighted by molar-refractivity contribution is 5.16.